The molecule has 0 atom stereocenters. The van der Waals surface area contributed by atoms with E-state index in [0.717, 1.165) is 84.1 Å². The summed E-state index contributed by atoms with van der Waals surface area (Å²) in [5.41, 5.74) is 0.922. The number of rotatable bonds is 4. The first-order valence-electron chi connectivity index (χ1n) is 10.9. The summed E-state index contributed by atoms with van der Waals surface area (Å²) in [7, 11) is 1.48. The number of carboxylic acids is 1. The number of carboxylic acid groups (broad SMARTS) is 1. The summed E-state index contributed by atoms with van der Waals surface area (Å²) in [6.45, 7) is 0. The molecule has 0 spiro atoms. The van der Waals surface area contributed by atoms with Crippen molar-refractivity contribution < 1.29 is 19.4 Å². The van der Waals surface area contributed by atoms with Gasteiger partial charge in [0.15, 0.2) is 0 Å². The Hall–Kier alpha value is 0.260. The zero-order chi connectivity index (χ0) is 24.2. The van der Waals surface area contributed by atoms with E-state index in [1.165, 1.54) is 13.5 Å². The van der Waals surface area contributed by atoms with E-state index in [1.807, 2.05) is 6.07 Å². The number of esters is 1. The van der Waals surface area contributed by atoms with Gasteiger partial charge in [0.05, 0.1) is 33.1 Å². The van der Waals surface area contributed by atoms with Crippen molar-refractivity contribution >= 4 is 98.3 Å². The molecule has 1 N–H and O–H groups in total. The van der Waals surface area contributed by atoms with Gasteiger partial charge in [0.2, 0.25) is 0 Å². The maximum Gasteiger partial charge on any atom is 0.316 e. The lowest BCUT2D eigenvalue weighted by molar-refractivity contribution is -0.149. The third-order valence-corrected chi connectivity index (χ3v) is 11.4. The van der Waals surface area contributed by atoms with Crippen molar-refractivity contribution in [1.82, 2.24) is 0 Å². The molecule has 0 aromatic carbocycles. The average molecular weight is 766 g/mol. The van der Waals surface area contributed by atoms with Crippen molar-refractivity contribution in [2.45, 2.75) is 82.5 Å². The van der Waals surface area contributed by atoms with Gasteiger partial charge in [-0.3, -0.25) is 9.59 Å². The summed E-state index contributed by atoms with van der Waals surface area (Å²) in [5.74, 6) is -0.776. The van der Waals surface area contributed by atoms with E-state index in [1.54, 1.807) is 22.7 Å². The highest BCUT2D eigenvalue weighted by Gasteiger charge is 2.45. The summed E-state index contributed by atoms with van der Waals surface area (Å²) in [6.07, 6.45) is 9.85. The van der Waals surface area contributed by atoms with Crippen LogP contribution in [0.5, 0.6) is 0 Å². The van der Waals surface area contributed by atoms with Gasteiger partial charge in [0.25, 0.3) is 0 Å². The quantitative estimate of drug-likeness (QED) is 0.315. The summed E-state index contributed by atoms with van der Waals surface area (Å²) in [4.78, 5) is 23.8. The van der Waals surface area contributed by atoms with E-state index >= 15 is 0 Å². The van der Waals surface area contributed by atoms with Gasteiger partial charge in [-0.2, -0.15) is 0 Å². The van der Waals surface area contributed by atoms with Crippen LogP contribution in [0.2, 0.25) is 0 Å². The number of thiophene rings is 2. The number of hydrogen-bond donors (Lipinski definition) is 1. The fourth-order valence-electron chi connectivity index (χ4n) is 5.02. The van der Waals surface area contributed by atoms with E-state index in [-0.39, 0.29) is 13.4 Å². The number of halogens is 4. The Bertz CT molecular complexity index is 989. The summed E-state index contributed by atoms with van der Waals surface area (Å²) >= 11 is 17.1. The first-order valence-corrected chi connectivity index (χ1v) is 15.7. The van der Waals surface area contributed by atoms with E-state index in [2.05, 4.69) is 69.8 Å². The molecule has 0 amide bonds. The molecule has 4 rings (SSSR count). The molecule has 0 saturated heterocycles. The highest BCUT2D eigenvalue weighted by atomic mass is 79.9. The van der Waals surface area contributed by atoms with Crippen molar-refractivity contribution in [3.63, 3.8) is 0 Å². The van der Waals surface area contributed by atoms with Crippen LogP contribution in [-0.2, 0) is 25.2 Å². The molecule has 2 aliphatic carbocycles. The van der Waals surface area contributed by atoms with Gasteiger partial charge in [0, 0.05) is 0 Å². The first-order chi connectivity index (χ1) is 15.7. The van der Waals surface area contributed by atoms with E-state index in [4.69, 9.17) is 4.74 Å². The molecule has 0 radical (unpaired) electrons. The Morgan fingerprint density at radius 1 is 0.794 bits per heavy atom. The summed E-state index contributed by atoms with van der Waals surface area (Å²) in [5, 5.41) is 9.54. The molecule has 4 nitrogen and oxygen atoms in total. The van der Waals surface area contributed by atoms with Gasteiger partial charge < -0.3 is 9.84 Å². The second-order valence-electron chi connectivity index (χ2n) is 8.56. The van der Waals surface area contributed by atoms with Crippen LogP contribution >= 0.6 is 86.4 Å². The van der Waals surface area contributed by atoms with Gasteiger partial charge in [-0.25, -0.2) is 0 Å². The zero-order valence-electron chi connectivity index (χ0n) is 18.2. The summed E-state index contributed by atoms with van der Waals surface area (Å²) < 4.78 is 9.06. The van der Waals surface area contributed by atoms with E-state index in [9.17, 15) is 14.7 Å². The monoisotopic (exact) mass is 762 g/mol. The lowest BCUT2D eigenvalue weighted by Gasteiger charge is -2.34. The minimum atomic E-state index is -0.682. The van der Waals surface area contributed by atoms with Crippen LogP contribution < -0.4 is 0 Å². The molecule has 2 fully saturated rings. The number of carbonyl (C=O) groups is 2. The normalized spacial score (nSPS) is 18.7. The Morgan fingerprint density at radius 2 is 1.18 bits per heavy atom. The molecular formula is C24H30Br4O4S2. The molecule has 2 aliphatic rings. The molecule has 0 bridgehead atoms. The molecule has 0 aliphatic heterocycles. The number of hydrogen-bond acceptors (Lipinski definition) is 5. The highest BCUT2D eigenvalue weighted by molar-refractivity contribution is 9.12. The van der Waals surface area contributed by atoms with Crippen molar-refractivity contribution in [2.75, 3.05) is 7.11 Å². The van der Waals surface area contributed by atoms with Crippen LogP contribution in [0.15, 0.2) is 27.3 Å². The zero-order valence-corrected chi connectivity index (χ0v) is 26.2. The van der Waals surface area contributed by atoms with Gasteiger partial charge in [-0.1, -0.05) is 46.0 Å². The number of carbonyl (C=O) groups excluding carboxylic acids is 1. The van der Waals surface area contributed by atoms with Crippen LogP contribution in [0.4, 0.5) is 0 Å². The van der Waals surface area contributed by atoms with Crippen molar-refractivity contribution in [1.29, 1.82) is 0 Å². The minimum absolute atomic E-state index is 0. The predicted octanol–water partition coefficient (Wildman–Crippen LogP) is 9.84. The number of aliphatic carboxylic acids is 1. The topological polar surface area (TPSA) is 63.6 Å². The van der Waals surface area contributed by atoms with Gasteiger partial charge in [-0.05, 0) is 113 Å². The van der Waals surface area contributed by atoms with Gasteiger partial charge in [-0.15, -0.1) is 22.7 Å². The Kier molecular flexibility index (Phi) is 11.8. The van der Waals surface area contributed by atoms with Crippen molar-refractivity contribution in [2.24, 2.45) is 0 Å². The van der Waals surface area contributed by atoms with Gasteiger partial charge >= 0.3 is 11.9 Å². The van der Waals surface area contributed by atoms with E-state index in [0.29, 0.717) is 0 Å². The average Bonchev–Trinajstić information content (AvgIpc) is 3.34. The standard InChI is InChI=1S/C12H14Br2O2S.C11H12Br2O2S.CH4/c1-16-11(15)12(5-3-2-4-6-12)8-7-9(13)17-10(8)14;12-8-6-7(9(13)16-8)11(10(14)15)4-2-1-3-5-11;/h7H,2-6H2,1H3;6H,1-5H2,(H,14,15);1H4. The molecule has 2 heterocycles. The van der Waals surface area contributed by atoms with Crippen LogP contribution in [0, 0.1) is 0 Å². The maximum atomic E-state index is 12.2. The van der Waals surface area contributed by atoms with Crippen LogP contribution in [-0.4, -0.2) is 24.2 Å². The van der Waals surface area contributed by atoms with Gasteiger partial charge in [0.1, 0.15) is 0 Å². The molecule has 34 heavy (non-hydrogen) atoms. The van der Waals surface area contributed by atoms with E-state index < -0.39 is 16.8 Å². The maximum absolute atomic E-state index is 12.2. The van der Waals surface area contributed by atoms with Crippen LogP contribution in [0.3, 0.4) is 0 Å². The highest BCUT2D eigenvalue weighted by Crippen LogP contribution is 2.48. The molecule has 0 unspecified atom stereocenters. The molecular weight excluding hydrogens is 736 g/mol. The second-order valence-corrected chi connectivity index (χ2v) is 16.1. The number of methoxy groups -OCH3 is 1. The third kappa shape index (κ3) is 6.39. The van der Waals surface area contributed by atoms with Crippen molar-refractivity contribution in [3.8, 4) is 0 Å². The fraction of sp³-hybridized carbons (Fsp3) is 0.583. The Balaban J connectivity index is 0.000000234. The fourth-order valence-corrected chi connectivity index (χ4v) is 11.2. The number of ether oxygens (including phenoxy) is 1. The Labute approximate surface area is 243 Å². The minimum Gasteiger partial charge on any atom is -0.481 e. The molecule has 2 saturated carbocycles. The molecule has 2 aromatic heterocycles. The van der Waals surface area contributed by atoms with Crippen molar-refractivity contribution in [3.05, 3.63) is 38.4 Å². The smallest absolute Gasteiger partial charge is 0.316 e. The first kappa shape index (κ1) is 30.5. The lowest BCUT2D eigenvalue weighted by Crippen LogP contribution is -2.38. The Morgan fingerprint density at radius 3 is 1.50 bits per heavy atom. The SMILES string of the molecule is C.COC(=O)C1(c2cc(Br)sc2Br)CCCCC1.O=C(O)C1(c2cc(Br)sc2Br)CCCCC1. The lowest BCUT2D eigenvalue weighted by atomic mass is 9.70. The molecule has 2 aromatic rings. The summed E-state index contributed by atoms with van der Waals surface area (Å²) in [6, 6.07) is 4.01. The second kappa shape index (κ2) is 13.2. The predicted molar refractivity (Wildman–Crippen MR) is 155 cm³/mol. The van der Waals surface area contributed by atoms with Crippen LogP contribution in [0.25, 0.3) is 0 Å². The largest absolute Gasteiger partial charge is 0.481 e. The molecule has 190 valence electrons. The molecule has 10 heteroatoms. The van der Waals surface area contributed by atoms with Crippen LogP contribution in [0.1, 0.15) is 82.8 Å². The third-order valence-electron chi connectivity index (χ3n) is 6.74.